The lowest BCUT2D eigenvalue weighted by Gasteiger charge is -2.16. The molecule has 0 aliphatic rings. The fraction of sp³-hybridized carbons (Fsp3) is 0.182. The molecule has 0 saturated carbocycles. The van der Waals surface area contributed by atoms with Crippen LogP contribution in [-0.4, -0.2) is 41.3 Å². The Balaban J connectivity index is 1.61. The van der Waals surface area contributed by atoms with Crippen LogP contribution in [0.25, 0.3) is 0 Å². The Hall–Kier alpha value is -4.14. The molecule has 3 rings (SSSR count). The highest BCUT2D eigenvalue weighted by Gasteiger charge is 2.22. The molecule has 0 aliphatic carbocycles. The molecule has 2 amide bonds. The molecule has 3 N–H and O–H groups in total. The van der Waals surface area contributed by atoms with Gasteiger partial charge < -0.3 is 19.8 Å². The van der Waals surface area contributed by atoms with Crippen molar-refractivity contribution in [3.8, 4) is 5.75 Å². The summed E-state index contributed by atoms with van der Waals surface area (Å²) in [6.45, 7) is 0.0943. The van der Waals surface area contributed by atoms with Crippen molar-refractivity contribution in [2.75, 3.05) is 7.11 Å². The molecule has 0 radical (unpaired) electrons. The minimum absolute atomic E-state index is 0.0943. The van der Waals surface area contributed by atoms with Crippen LogP contribution < -0.4 is 15.5 Å². The Morgan fingerprint density at radius 1 is 1.16 bits per heavy atom. The molecule has 2 aromatic carbocycles. The number of alkyl carbamates (subject to hydrolysis) is 1. The van der Waals surface area contributed by atoms with Crippen LogP contribution in [-0.2, 0) is 22.6 Å². The molecule has 3 aromatic rings. The average Bonchev–Trinajstić information content (AvgIpc) is 3.31. The number of rotatable bonds is 9. The van der Waals surface area contributed by atoms with Gasteiger partial charge in [0.15, 0.2) is 0 Å². The quantitative estimate of drug-likeness (QED) is 0.362. The number of aromatic nitrogens is 2. The largest absolute Gasteiger partial charge is 0.496 e. The van der Waals surface area contributed by atoms with Gasteiger partial charge in [0, 0.05) is 23.9 Å². The van der Waals surface area contributed by atoms with Gasteiger partial charge >= 0.3 is 6.09 Å². The Labute approximate surface area is 179 Å². The molecular weight excluding hydrogens is 398 g/mol. The summed E-state index contributed by atoms with van der Waals surface area (Å²) in [5.41, 5.74) is 4.66. The summed E-state index contributed by atoms with van der Waals surface area (Å²) < 4.78 is 10.5. The van der Waals surface area contributed by atoms with Crippen molar-refractivity contribution in [3.63, 3.8) is 0 Å². The third kappa shape index (κ3) is 6.70. The summed E-state index contributed by atoms with van der Waals surface area (Å²) in [6.07, 6.45) is 4.03. The molecule has 0 fully saturated rings. The number of H-pyrrole nitrogens is 1. The van der Waals surface area contributed by atoms with Crippen molar-refractivity contribution < 1.29 is 19.1 Å². The molecule has 0 bridgehead atoms. The first kappa shape index (κ1) is 21.6. The van der Waals surface area contributed by atoms with Gasteiger partial charge in [-0.3, -0.25) is 4.79 Å². The zero-order chi connectivity index (χ0) is 21.9. The molecular formula is C22H23N5O4. The smallest absolute Gasteiger partial charge is 0.408 e. The monoisotopic (exact) mass is 421 g/mol. The number of hydrogen-bond donors (Lipinski definition) is 3. The molecule has 0 unspecified atom stereocenters. The van der Waals surface area contributed by atoms with Crippen LogP contribution in [0.5, 0.6) is 5.75 Å². The number of imidazole rings is 1. The predicted molar refractivity (Wildman–Crippen MR) is 115 cm³/mol. The zero-order valence-electron chi connectivity index (χ0n) is 16.9. The molecule has 1 heterocycles. The second-order valence-electron chi connectivity index (χ2n) is 6.52. The highest BCUT2D eigenvalue weighted by atomic mass is 16.5. The zero-order valence-corrected chi connectivity index (χ0v) is 16.9. The molecule has 0 saturated heterocycles. The number of carbonyl (C=O) groups is 2. The topological polar surface area (TPSA) is 118 Å². The molecule has 0 aliphatic heterocycles. The van der Waals surface area contributed by atoms with Gasteiger partial charge in [-0.25, -0.2) is 15.2 Å². The van der Waals surface area contributed by atoms with Gasteiger partial charge in [0.2, 0.25) is 0 Å². The minimum atomic E-state index is -0.918. The summed E-state index contributed by atoms with van der Waals surface area (Å²) in [6, 6.07) is 15.6. The highest BCUT2D eigenvalue weighted by Crippen LogP contribution is 2.14. The van der Waals surface area contributed by atoms with Crippen molar-refractivity contribution in [2.24, 2.45) is 5.10 Å². The average molecular weight is 421 g/mol. The number of para-hydroxylation sites is 1. The summed E-state index contributed by atoms with van der Waals surface area (Å²) in [5.74, 6) is 0.120. The van der Waals surface area contributed by atoms with Crippen molar-refractivity contribution in [2.45, 2.75) is 19.1 Å². The molecule has 9 nitrogen and oxygen atoms in total. The van der Waals surface area contributed by atoms with E-state index < -0.39 is 18.0 Å². The number of carbonyl (C=O) groups excluding carboxylic acids is 2. The SMILES string of the molecule is COc1ccccc1/C=N\NC(=O)[C@H](Cc1cnc[nH]1)NC(=O)OCc1ccccc1. The van der Waals surface area contributed by atoms with Gasteiger partial charge in [0.05, 0.1) is 19.7 Å². The molecule has 0 spiro atoms. The lowest BCUT2D eigenvalue weighted by Crippen LogP contribution is -2.47. The third-order valence-electron chi connectivity index (χ3n) is 4.32. The Kier molecular flexibility index (Phi) is 7.76. The number of hydrazone groups is 1. The summed E-state index contributed by atoms with van der Waals surface area (Å²) >= 11 is 0. The van der Waals surface area contributed by atoms with E-state index in [1.54, 1.807) is 25.4 Å². The van der Waals surface area contributed by atoms with Crippen molar-refractivity contribution in [1.29, 1.82) is 0 Å². The lowest BCUT2D eigenvalue weighted by molar-refractivity contribution is -0.123. The Morgan fingerprint density at radius 3 is 2.68 bits per heavy atom. The Morgan fingerprint density at radius 2 is 1.94 bits per heavy atom. The van der Waals surface area contributed by atoms with Gasteiger partial charge in [0.1, 0.15) is 18.4 Å². The number of ether oxygens (including phenoxy) is 2. The number of amides is 2. The summed E-state index contributed by atoms with van der Waals surface area (Å²) in [5, 5.41) is 6.56. The summed E-state index contributed by atoms with van der Waals surface area (Å²) in [4.78, 5) is 31.8. The van der Waals surface area contributed by atoms with E-state index in [0.717, 1.165) is 5.56 Å². The highest BCUT2D eigenvalue weighted by molar-refractivity contribution is 5.88. The summed E-state index contributed by atoms with van der Waals surface area (Å²) in [7, 11) is 1.55. The van der Waals surface area contributed by atoms with Crippen LogP contribution >= 0.6 is 0 Å². The van der Waals surface area contributed by atoms with Gasteiger partial charge in [0.25, 0.3) is 5.91 Å². The number of nitrogens with one attached hydrogen (secondary N) is 3. The lowest BCUT2D eigenvalue weighted by atomic mass is 10.1. The molecule has 160 valence electrons. The van der Waals surface area contributed by atoms with Gasteiger partial charge in [-0.1, -0.05) is 42.5 Å². The van der Waals surface area contributed by atoms with Crippen LogP contribution in [0.2, 0.25) is 0 Å². The van der Waals surface area contributed by atoms with E-state index in [-0.39, 0.29) is 13.0 Å². The normalized spacial score (nSPS) is 11.6. The van der Waals surface area contributed by atoms with Gasteiger partial charge in [-0.15, -0.1) is 0 Å². The second-order valence-corrected chi connectivity index (χ2v) is 6.52. The first-order valence-corrected chi connectivity index (χ1v) is 9.56. The van der Waals surface area contributed by atoms with E-state index in [1.807, 2.05) is 42.5 Å². The van der Waals surface area contributed by atoms with Gasteiger partial charge in [-0.05, 0) is 17.7 Å². The first-order chi connectivity index (χ1) is 15.2. The standard InChI is InChI=1S/C22H23N5O4/c1-30-20-10-6-5-9-17(20)12-25-27-21(28)19(11-18-13-23-15-24-18)26-22(29)31-14-16-7-3-2-4-8-16/h2-10,12-13,15,19H,11,14H2,1H3,(H,23,24)(H,26,29)(H,27,28)/b25-12-/t19-/m0/s1. The molecule has 31 heavy (non-hydrogen) atoms. The van der Waals surface area contributed by atoms with Gasteiger partial charge in [-0.2, -0.15) is 5.10 Å². The molecule has 1 aromatic heterocycles. The van der Waals surface area contributed by atoms with E-state index in [9.17, 15) is 9.59 Å². The predicted octanol–water partition coefficient (Wildman–Crippen LogP) is 2.41. The van der Waals surface area contributed by atoms with Crippen LogP contribution in [0.1, 0.15) is 16.8 Å². The van der Waals surface area contributed by atoms with Crippen molar-refractivity contribution in [3.05, 3.63) is 83.9 Å². The Bertz CT molecular complexity index is 1010. The maximum absolute atomic E-state index is 12.7. The van der Waals surface area contributed by atoms with Crippen molar-refractivity contribution in [1.82, 2.24) is 20.7 Å². The van der Waals surface area contributed by atoms with E-state index in [0.29, 0.717) is 17.0 Å². The van der Waals surface area contributed by atoms with Crippen molar-refractivity contribution >= 4 is 18.2 Å². The van der Waals surface area contributed by atoms with E-state index >= 15 is 0 Å². The van der Waals surface area contributed by atoms with Crippen LogP contribution in [0, 0.1) is 0 Å². The fourth-order valence-corrected chi connectivity index (χ4v) is 2.75. The van der Waals surface area contributed by atoms with Crippen LogP contribution in [0.4, 0.5) is 4.79 Å². The number of benzene rings is 2. The number of nitrogens with zero attached hydrogens (tertiary/aromatic N) is 2. The molecule has 1 atom stereocenters. The number of methoxy groups -OCH3 is 1. The number of aromatic amines is 1. The fourth-order valence-electron chi connectivity index (χ4n) is 2.75. The maximum atomic E-state index is 12.7. The second kappa shape index (κ2) is 11.1. The number of hydrogen-bond acceptors (Lipinski definition) is 6. The minimum Gasteiger partial charge on any atom is -0.496 e. The van der Waals surface area contributed by atoms with Crippen LogP contribution in [0.15, 0.2) is 72.2 Å². The first-order valence-electron chi connectivity index (χ1n) is 9.56. The third-order valence-corrected chi connectivity index (χ3v) is 4.32. The maximum Gasteiger partial charge on any atom is 0.408 e. The molecule has 9 heteroatoms. The van der Waals surface area contributed by atoms with E-state index in [1.165, 1.54) is 12.5 Å². The van der Waals surface area contributed by atoms with E-state index in [2.05, 4.69) is 25.8 Å². The van der Waals surface area contributed by atoms with E-state index in [4.69, 9.17) is 9.47 Å². The van der Waals surface area contributed by atoms with Crippen LogP contribution in [0.3, 0.4) is 0 Å².